The minimum absolute atomic E-state index is 0.237. The van der Waals surface area contributed by atoms with E-state index in [0.717, 1.165) is 10.3 Å². The van der Waals surface area contributed by atoms with Crippen molar-refractivity contribution in [2.24, 2.45) is 0 Å². The third kappa shape index (κ3) is 3.48. The molecule has 1 aromatic carbocycles. The molecule has 0 bridgehead atoms. The summed E-state index contributed by atoms with van der Waals surface area (Å²) in [4.78, 5) is 0. The van der Waals surface area contributed by atoms with Gasteiger partial charge >= 0.3 is 0 Å². The third-order valence-electron chi connectivity index (χ3n) is 3.27. The van der Waals surface area contributed by atoms with Gasteiger partial charge < -0.3 is 5.32 Å². The molecule has 0 fully saturated rings. The Morgan fingerprint density at radius 1 is 1.16 bits per heavy atom. The summed E-state index contributed by atoms with van der Waals surface area (Å²) in [6, 6.07) is 9.12. The maximum Gasteiger partial charge on any atom is 0.0761 e. The first-order valence-electron chi connectivity index (χ1n) is 6.28. The Balaban J connectivity index is 2.44. The Morgan fingerprint density at radius 2 is 1.89 bits per heavy atom. The Hall–Kier alpha value is -0.160. The zero-order chi connectivity index (χ0) is 14.0. The van der Waals surface area contributed by atoms with Crippen LogP contribution in [0.4, 0.5) is 0 Å². The molecule has 0 aliphatic heterocycles. The van der Waals surface area contributed by atoms with Gasteiger partial charge in [-0.05, 0) is 80.6 Å². The van der Waals surface area contributed by atoms with Crippen LogP contribution in [0, 0.1) is 13.8 Å². The zero-order valence-electron chi connectivity index (χ0n) is 11.3. The van der Waals surface area contributed by atoms with E-state index in [9.17, 15) is 0 Å². The molecule has 2 aromatic rings. The molecule has 0 amide bonds. The van der Waals surface area contributed by atoms with Gasteiger partial charge in [0.25, 0.3) is 0 Å². The van der Waals surface area contributed by atoms with Gasteiger partial charge in [0.05, 0.1) is 13.6 Å². The summed E-state index contributed by atoms with van der Waals surface area (Å²) in [5, 5.41) is 3.57. The highest BCUT2D eigenvalue weighted by atomic mass is 79.9. The number of aryl methyl sites for hydroxylation is 2. The van der Waals surface area contributed by atoms with Crippen LogP contribution in [0.15, 0.2) is 31.8 Å². The van der Waals surface area contributed by atoms with Crippen LogP contribution >= 0.6 is 43.2 Å². The number of thiophene rings is 1. The van der Waals surface area contributed by atoms with Crippen molar-refractivity contribution in [3.05, 3.63) is 54.1 Å². The van der Waals surface area contributed by atoms with E-state index in [1.165, 1.54) is 26.0 Å². The summed E-state index contributed by atoms with van der Waals surface area (Å²) in [5.41, 5.74) is 5.29. The molecule has 0 saturated carbocycles. The average Bonchev–Trinajstić information content (AvgIpc) is 2.69. The minimum atomic E-state index is 0.237. The van der Waals surface area contributed by atoms with Gasteiger partial charge in [0.2, 0.25) is 0 Å². The van der Waals surface area contributed by atoms with E-state index >= 15 is 0 Å². The molecule has 19 heavy (non-hydrogen) atoms. The van der Waals surface area contributed by atoms with Crippen LogP contribution in [0.5, 0.6) is 0 Å². The minimum Gasteiger partial charge on any atom is -0.306 e. The summed E-state index contributed by atoms with van der Waals surface area (Å²) in [7, 11) is 0. The molecule has 4 heteroatoms. The first-order valence-corrected chi connectivity index (χ1v) is 8.68. The predicted octanol–water partition coefficient (Wildman–Crippen LogP) is 5.59. The lowest BCUT2D eigenvalue weighted by Gasteiger charge is -2.19. The summed E-state index contributed by atoms with van der Waals surface area (Å²) in [5.74, 6) is 0. The molecule has 0 spiro atoms. The van der Waals surface area contributed by atoms with Crippen molar-refractivity contribution in [1.29, 1.82) is 0 Å². The lowest BCUT2D eigenvalue weighted by molar-refractivity contribution is 0.630. The Morgan fingerprint density at radius 3 is 2.42 bits per heavy atom. The van der Waals surface area contributed by atoms with Gasteiger partial charge in [-0.3, -0.25) is 0 Å². The predicted molar refractivity (Wildman–Crippen MR) is 91.2 cm³/mol. The fourth-order valence-corrected chi connectivity index (χ4v) is 5.01. The van der Waals surface area contributed by atoms with E-state index in [1.807, 2.05) is 0 Å². The highest BCUT2D eigenvalue weighted by molar-refractivity contribution is 9.12. The normalized spacial score (nSPS) is 12.7. The van der Waals surface area contributed by atoms with E-state index < -0.39 is 0 Å². The van der Waals surface area contributed by atoms with Crippen molar-refractivity contribution in [3.8, 4) is 0 Å². The van der Waals surface area contributed by atoms with Gasteiger partial charge in [0.15, 0.2) is 0 Å². The average molecular weight is 403 g/mol. The molecule has 1 N–H and O–H groups in total. The highest BCUT2D eigenvalue weighted by Gasteiger charge is 2.18. The summed E-state index contributed by atoms with van der Waals surface area (Å²) in [6.07, 6.45) is 0. The largest absolute Gasteiger partial charge is 0.306 e. The number of hydrogen-bond acceptors (Lipinski definition) is 2. The molecule has 0 aliphatic carbocycles. The number of benzene rings is 1. The van der Waals surface area contributed by atoms with E-state index in [4.69, 9.17) is 0 Å². The van der Waals surface area contributed by atoms with Crippen LogP contribution in [-0.4, -0.2) is 6.54 Å². The maximum absolute atomic E-state index is 3.67. The van der Waals surface area contributed by atoms with Crippen molar-refractivity contribution < 1.29 is 0 Å². The van der Waals surface area contributed by atoms with Gasteiger partial charge in [0, 0.05) is 0 Å². The van der Waals surface area contributed by atoms with Crippen molar-refractivity contribution in [2.75, 3.05) is 6.54 Å². The fraction of sp³-hybridized carbons (Fsp3) is 0.333. The first kappa shape index (κ1) is 15.2. The standard InChI is InChI=1S/C15H17Br2NS/c1-4-18-14(12-8-13(16)19-15(12)17)11-6-5-9(2)10(3)7-11/h5-8,14,18H,4H2,1-3H3. The van der Waals surface area contributed by atoms with E-state index in [1.54, 1.807) is 11.3 Å². The molecular formula is C15H17Br2NS. The summed E-state index contributed by atoms with van der Waals surface area (Å²) >= 11 is 8.95. The summed E-state index contributed by atoms with van der Waals surface area (Å²) < 4.78 is 2.34. The van der Waals surface area contributed by atoms with Gasteiger partial charge in [-0.1, -0.05) is 25.1 Å². The lowest BCUT2D eigenvalue weighted by atomic mass is 9.97. The molecule has 1 atom stereocenters. The molecule has 1 heterocycles. The second-order valence-electron chi connectivity index (χ2n) is 4.61. The van der Waals surface area contributed by atoms with Crippen LogP contribution in [0.2, 0.25) is 0 Å². The molecular weight excluding hydrogens is 386 g/mol. The molecule has 0 radical (unpaired) electrons. The van der Waals surface area contributed by atoms with E-state index in [-0.39, 0.29) is 6.04 Å². The molecule has 1 nitrogen and oxygen atoms in total. The van der Waals surface area contributed by atoms with Crippen molar-refractivity contribution in [3.63, 3.8) is 0 Å². The van der Waals surface area contributed by atoms with Gasteiger partial charge in [-0.2, -0.15) is 0 Å². The Labute approximate surface area is 135 Å². The van der Waals surface area contributed by atoms with Crippen LogP contribution in [-0.2, 0) is 0 Å². The van der Waals surface area contributed by atoms with Crippen molar-refractivity contribution in [2.45, 2.75) is 26.8 Å². The SMILES string of the molecule is CCNC(c1ccc(C)c(C)c1)c1cc(Br)sc1Br. The molecule has 2 rings (SSSR count). The second-order valence-corrected chi connectivity index (χ2v) is 8.36. The van der Waals surface area contributed by atoms with Gasteiger partial charge in [0.1, 0.15) is 0 Å². The third-order valence-corrected chi connectivity index (χ3v) is 5.65. The molecule has 1 aromatic heterocycles. The zero-order valence-corrected chi connectivity index (χ0v) is 15.2. The van der Waals surface area contributed by atoms with Crippen molar-refractivity contribution >= 4 is 43.2 Å². The smallest absolute Gasteiger partial charge is 0.0761 e. The lowest BCUT2D eigenvalue weighted by Crippen LogP contribution is -2.22. The van der Waals surface area contributed by atoms with Gasteiger partial charge in [-0.15, -0.1) is 11.3 Å². The Bertz CT molecular complexity index is 578. The molecule has 0 saturated heterocycles. The highest BCUT2D eigenvalue weighted by Crippen LogP contribution is 2.38. The second kappa shape index (κ2) is 6.53. The quantitative estimate of drug-likeness (QED) is 0.702. The number of halogens is 2. The van der Waals surface area contributed by atoms with Gasteiger partial charge in [-0.25, -0.2) is 0 Å². The molecule has 0 aliphatic rings. The number of rotatable bonds is 4. The van der Waals surface area contributed by atoms with E-state index in [0.29, 0.717) is 0 Å². The van der Waals surface area contributed by atoms with Crippen LogP contribution in [0.3, 0.4) is 0 Å². The van der Waals surface area contributed by atoms with Crippen LogP contribution in [0.25, 0.3) is 0 Å². The molecule has 102 valence electrons. The monoisotopic (exact) mass is 401 g/mol. The first-order chi connectivity index (χ1) is 9.02. The van der Waals surface area contributed by atoms with Crippen molar-refractivity contribution in [1.82, 2.24) is 5.32 Å². The Kier molecular flexibility index (Phi) is 5.23. The maximum atomic E-state index is 3.67. The van der Waals surface area contributed by atoms with E-state index in [2.05, 4.69) is 82.2 Å². The summed E-state index contributed by atoms with van der Waals surface area (Å²) in [6.45, 7) is 7.40. The number of nitrogens with one attached hydrogen (secondary N) is 1. The molecule has 1 unspecified atom stereocenters. The fourth-order valence-electron chi connectivity index (χ4n) is 2.11. The van der Waals surface area contributed by atoms with Crippen LogP contribution in [0.1, 0.15) is 35.2 Å². The van der Waals surface area contributed by atoms with Crippen LogP contribution < -0.4 is 5.32 Å². The number of hydrogen-bond donors (Lipinski definition) is 1. The topological polar surface area (TPSA) is 12.0 Å².